The molecule has 88 valence electrons. The van der Waals surface area contributed by atoms with Crippen LogP contribution in [0, 0.1) is 24.6 Å². The molecule has 0 bridgehead atoms. The van der Waals surface area contributed by atoms with Gasteiger partial charge in [-0.2, -0.15) is 0 Å². The summed E-state index contributed by atoms with van der Waals surface area (Å²) in [5, 5.41) is 0. The molecule has 1 aliphatic heterocycles. The maximum absolute atomic E-state index is 12.8. The van der Waals surface area contributed by atoms with E-state index in [4.69, 9.17) is 0 Å². The lowest BCUT2D eigenvalue weighted by Gasteiger charge is -2.09. The number of hydrogen-bond donors (Lipinski definition) is 0. The van der Waals surface area contributed by atoms with Crippen LogP contribution < -0.4 is 0 Å². The molecule has 1 fully saturated rings. The molecule has 4 heteroatoms. The molecule has 2 rings (SSSR count). The molecule has 1 amide bonds. The minimum absolute atomic E-state index is 0.156. The maximum Gasteiger partial charge on any atom is 0.223 e. The number of rotatable bonds is 1. The summed E-state index contributed by atoms with van der Waals surface area (Å²) in [7, 11) is 0. The average molecular weight is 232 g/mol. The zero-order valence-corrected chi connectivity index (χ0v) is 9.66. The highest BCUT2D eigenvalue weighted by atomic mass is 19.1. The standard InChI is InChI=1S/C13H13FN2O/c1-10-8-11(14)9-15-12(10)4-2-6-16-7-3-5-13(16)17/h8-9H,3,5-7H2,1H3. The van der Waals surface area contributed by atoms with E-state index in [1.165, 1.54) is 6.07 Å². The highest BCUT2D eigenvalue weighted by Crippen LogP contribution is 2.08. The van der Waals surface area contributed by atoms with E-state index >= 15 is 0 Å². The van der Waals surface area contributed by atoms with Gasteiger partial charge in [-0.15, -0.1) is 0 Å². The summed E-state index contributed by atoms with van der Waals surface area (Å²) in [6.07, 6.45) is 2.68. The Labute approximate surface area is 99.7 Å². The molecule has 1 saturated heterocycles. The fraction of sp³-hybridized carbons (Fsp3) is 0.385. The van der Waals surface area contributed by atoms with Gasteiger partial charge < -0.3 is 4.90 Å². The quantitative estimate of drug-likeness (QED) is 0.687. The van der Waals surface area contributed by atoms with Crippen LogP contribution in [0.25, 0.3) is 0 Å². The number of carbonyl (C=O) groups is 1. The average Bonchev–Trinajstić information content (AvgIpc) is 2.68. The van der Waals surface area contributed by atoms with E-state index in [9.17, 15) is 9.18 Å². The van der Waals surface area contributed by atoms with Gasteiger partial charge in [-0.25, -0.2) is 9.37 Å². The predicted octanol–water partition coefficient (Wildman–Crippen LogP) is 1.50. The van der Waals surface area contributed by atoms with Gasteiger partial charge in [-0.1, -0.05) is 5.92 Å². The fourth-order valence-electron chi connectivity index (χ4n) is 1.76. The molecule has 0 spiro atoms. The molecule has 0 atom stereocenters. The van der Waals surface area contributed by atoms with Crippen molar-refractivity contribution in [2.24, 2.45) is 0 Å². The normalized spacial score (nSPS) is 14.7. The third-order valence-corrected chi connectivity index (χ3v) is 2.69. The molecule has 0 unspecified atom stereocenters. The van der Waals surface area contributed by atoms with Crippen LogP contribution in [0.15, 0.2) is 12.3 Å². The van der Waals surface area contributed by atoms with E-state index in [-0.39, 0.29) is 11.7 Å². The van der Waals surface area contributed by atoms with E-state index in [1.807, 2.05) is 0 Å². The van der Waals surface area contributed by atoms with Gasteiger partial charge in [0.15, 0.2) is 0 Å². The smallest absolute Gasteiger partial charge is 0.223 e. The van der Waals surface area contributed by atoms with Crippen molar-refractivity contribution in [1.82, 2.24) is 9.88 Å². The first kappa shape index (κ1) is 11.6. The van der Waals surface area contributed by atoms with Gasteiger partial charge in [0.2, 0.25) is 5.91 Å². The van der Waals surface area contributed by atoms with Crippen LogP contribution >= 0.6 is 0 Å². The number of hydrogen-bond acceptors (Lipinski definition) is 2. The lowest BCUT2D eigenvalue weighted by molar-refractivity contribution is -0.127. The van der Waals surface area contributed by atoms with E-state index in [0.29, 0.717) is 24.2 Å². The Morgan fingerprint density at radius 3 is 3.06 bits per heavy atom. The molecule has 17 heavy (non-hydrogen) atoms. The van der Waals surface area contributed by atoms with Crippen molar-refractivity contribution in [2.45, 2.75) is 19.8 Å². The van der Waals surface area contributed by atoms with Gasteiger partial charge in [-0.3, -0.25) is 4.79 Å². The van der Waals surface area contributed by atoms with Crippen LogP contribution in [0.4, 0.5) is 4.39 Å². The highest BCUT2D eigenvalue weighted by Gasteiger charge is 2.18. The first-order chi connectivity index (χ1) is 8.16. The van der Waals surface area contributed by atoms with Crippen LogP contribution in [-0.2, 0) is 4.79 Å². The Balaban J connectivity index is 2.03. The monoisotopic (exact) mass is 232 g/mol. The van der Waals surface area contributed by atoms with Crippen molar-refractivity contribution in [1.29, 1.82) is 0 Å². The number of carbonyl (C=O) groups excluding carboxylic acids is 1. The molecule has 0 radical (unpaired) electrons. The molecule has 0 aliphatic carbocycles. The third-order valence-electron chi connectivity index (χ3n) is 2.69. The van der Waals surface area contributed by atoms with Crippen molar-refractivity contribution in [2.75, 3.05) is 13.1 Å². The number of halogens is 1. The number of likely N-dealkylation sites (tertiary alicyclic amines) is 1. The molecule has 0 N–H and O–H groups in total. The first-order valence-electron chi connectivity index (χ1n) is 5.55. The minimum atomic E-state index is -0.359. The topological polar surface area (TPSA) is 33.2 Å². The Hall–Kier alpha value is -1.89. The van der Waals surface area contributed by atoms with Gasteiger partial charge in [0.1, 0.15) is 11.5 Å². The number of aromatic nitrogens is 1. The zero-order valence-electron chi connectivity index (χ0n) is 9.66. The number of nitrogens with zero attached hydrogens (tertiary/aromatic N) is 2. The van der Waals surface area contributed by atoms with Crippen molar-refractivity contribution < 1.29 is 9.18 Å². The number of aryl methyl sites for hydroxylation is 1. The molecule has 1 aromatic rings. The largest absolute Gasteiger partial charge is 0.332 e. The van der Waals surface area contributed by atoms with Crippen molar-refractivity contribution >= 4 is 5.91 Å². The molecule has 1 aliphatic rings. The second kappa shape index (κ2) is 4.96. The maximum atomic E-state index is 12.8. The minimum Gasteiger partial charge on any atom is -0.332 e. The van der Waals surface area contributed by atoms with Crippen LogP contribution in [0.3, 0.4) is 0 Å². The van der Waals surface area contributed by atoms with E-state index < -0.39 is 0 Å². The molecule has 1 aromatic heterocycles. The van der Waals surface area contributed by atoms with Gasteiger partial charge in [0, 0.05) is 13.0 Å². The molecule has 2 heterocycles. The van der Waals surface area contributed by atoms with E-state index in [1.54, 1.807) is 11.8 Å². The van der Waals surface area contributed by atoms with Crippen LogP contribution in [0.2, 0.25) is 0 Å². The van der Waals surface area contributed by atoms with Gasteiger partial charge in [-0.05, 0) is 30.9 Å². The van der Waals surface area contributed by atoms with Gasteiger partial charge >= 0.3 is 0 Å². The lowest BCUT2D eigenvalue weighted by Crippen LogP contribution is -2.24. The Morgan fingerprint density at radius 1 is 1.59 bits per heavy atom. The molecule has 0 saturated carbocycles. The lowest BCUT2D eigenvalue weighted by atomic mass is 10.2. The fourth-order valence-corrected chi connectivity index (χ4v) is 1.76. The van der Waals surface area contributed by atoms with Crippen LogP contribution in [0.5, 0.6) is 0 Å². The zero-order chi connectivity index (χ0) is 12.3. The number of amides is 1. The summed E-state index contributed by atoms with van der Waals surface area (Å²) in [6, 6.07) is 1.40. The third kappa shape index (κ3) is 2.82. The van der Waals surface area contributed by atoms with E-state index in [2.05, 4.69) is 16.8 Å². The summed E-state index contributed by atoms with van der Waals surface area (Å²) >= 11 is 0. The second-order valence-electron chi connectivity index (χ2n) is 4.04. The van der Waals surface area contributed by atoms with E-state index in [0.717, 1.165) is 19.2 Å². The Morgan fingerprint density at radius 2 is 2.41 bits per heavy atom. The van der Waals surface area contributed by atoms with Gasteiger partial charge in [0.25, 0.3) is 0 Å². The molecular weight excluding hydrogens is 219 g/mol. The van der Waals surface area contributed by atoms with Crippen LogP contribution in [-0.4, -0.2) is 28.9 Å². The summed E-state index contributed by atoms with van der Waals surface area (Å²) in [5.41, 5.74) is 1.28. The van der Waals surface area contributed by atoms with Crippen molar-refractivity contribution in [3.8, 4) is 11.8 Å². The second-order valence-corrected chi connectivity index (χ2v) is 4.04. The molecular formula is C13H13FN2O. The van der Waals surface area contributed by atoms with Gasteiger partial charge in [0.05, 0.1) is 12.7 Å². The van der Waals surface area contributed by atoms with Crippen molar-refractivity contribution in [3.05, 3.63) is 29.3 Å². The summed E-state index contributed by atoms with van der Waals surface area (Å²) < 4.78 is 12.8. The summed E-state index contributed by atoms with van der Waals surface area (Å²) in [5.74, 6) is 5.57. The summed E-state index contributed by atoms with van der Waals surface area (Å²) in [6.45, 7) is 2.97. The highest BCUT2D eigenvalue weighted by molar-refractivity contribution is 5.78. The van der Waals surface area contributed by atoms with Crippen molar-refractivity contribution in [3.63, 3.8) is 0 Å². The SMILES string of the molecule is Cc1cc(F)cnc1C#CCN1CCCC1=O. The summed E-state index contributed by atoms with van der Waals surface area (Å²) in [4.78, 5) is 17.0. The Bertz CT molecular complexity index is 502. The predicted molar refractivity (Wildman–Crippen MR) is 61.6 cm³/mol. The Kier molecular flexibility index (Phi) is 3.38. The molecule has 0 aromatic carbocycles. The van der Waals surface area contributed by atoms with Crippen LogP contribution in [0.1, 0.15) is 24.1 Å². The first-order valence-corrected chi connectivity index (χ1v) is 5.55. The number of pyridine rings is 1. The molecule has 3 nitrogen and oxygen atoms in total.